The van der Waals surface area contributed by atoms with E-state index in [0.29, 0.717) is 13.1 Å². The number of carbonyl (C=O) groups excluding carboxylic acids is 2. The Labute approximate surface area is 131 Å². The highest BCUT2D eigenvalue weighted by Crippen LogP contribution is 2.05. The number of carbonyl (C=O) groups is 2. The Morgan fingerprint density at radius 2 is 1.91 bits per heavy atom. The molecule has 0 aliphatic carbocycles. The molecule has 0 atom stereocenters. The third kappa shape index (κ3) is 4.25. The van der Waals surface area contributed by atoms with Crippen molar-refractivity contribution >= 4 is 23.9 Å². The maximum Gasteiger partial charge on any atom is 0.325 e. The van der Waals surface area contributed by atoms with Crippen molar-refractivity contribution < 1.29 is 18.7 Å². The maximum atomic E-state index is 12.8. The molecule has 23 heavy (non-hydrogen) atoms. The number of ether oxygens (including phenoxy) is 1. The summed E-state index contributed by atoms with van der Waals surface area (Å²) in [5.74, 6) is -1.05. The number of urea groups is 1. The van der Waals surface area contributed by atoms with Crippen LogP contribution in [0.4, 0.5) is 9.18 Å². The molecule has 0 radical (unpaired) electrons. The molecule has 122 valence electrons. The van der Waals surface area contributed by atoms with Gasteiger partial charge in [0, 0.05) is 25.7 Å². The van der Waals surface area contributed by atoms with Crippen LogP contribution in [0.25, 0.3) is 0 Å². The van der Waals surface area contributed by atoms with Gasteiger partial charge in [0.05, 0.1) is 0 Å². The molecule has 8 nitrogen and oxygen atoms in total. The molecule has 3 amide bonds. The minimum atomic E-state index is -0.650. The van der Waals surface area contributed by atoms with E-state index in [0.717, 1.165) is 12.1 Å². The molecule has 1 fully saturated rings. The summed E-state index contributed by atoms with van der Waals surface area (Å²) in [4.78, 5) is 26.2. The number of benzene rings is 1. The van der Waals surface area contributed by atoms with Crippen LogP contribution in [-0.2, 0) is 9.53 Å². The van der Waals surface area contributed by atoms with E-state index in [-0.39, 0.29) is 18.0 Å². The number of amidine groups is 1. The summed E-state index contributed by atoms with van der Waals surface area (Å²) in [6, 6.07) is 3.67. The van der Waals surface area contributed by atoms with E-state index >= 15 is 0 Å². The third-order valence-corrected chi connectivity index (χ3v) is 3.28. The van der Waals surface area contributed by atoms with E-state index in [1.165, 1.54) is 21.9 Å². The number of hydrogen-bond acceptors (Lipinski definition) is 5. The molecular weight excluding hydrogens is 305 g/mol. The Bertz CT molecular complexity index is 646. The molecule has 0 spiro atoms. The van der Waals surface area contributed by atoms with Crippen LogP contribution >= 0.6 is 0 Å². The first-order chi connectivity index (χ1) is 10.9. The molecule has 1 aromatic rings. The number of nitrogens with zero attached hydrogens (tertiary/aromatic N) is 2. The molecule has 3 N–H and O–H groups in total. The number of hydrogen-bond donors (Lipinski definition) is 3. The van der Waals surface area contributed by atoms with Crippen LogP contribution in [0.5, 0.6) is 0 Å². The van der Waals surface area contributed by atoms with Gasteiger partial charge < -0.3 is 14.5 Å². The van der Waals surface area contributed by atoms with Crippen molar-refractivity contribution in [1.29, 1.82) is 10.8 Å². The largest absolute Gasteiger partial charge is 0.407 e. The van der Waals surface area contributed by atoms with E-state index in [9.17, 15) is 14.0 Å². The molecule has 0 unspecified atom stereocenters. The quantitative estimate of drug-likeness (QED) is 0.520. The van der Waals surface area contributed by atoms with Crippen LogP contribution in [0.2, 0.25) is 0 Å². The fraction of sp³-hybridized carbons (Fsp3) is 0.286. The molecule has 1 saturated heterocycles. The SMILES string of the molecule is CN1CCN(C(=O)NC(=N)OC(=N)c2ccc(F)cc2)CC1=O. The number of rotatable bonds is 1. The summed E-state index contributed by atoms with van der Waals surface area (Å²) >= 11 is 0. The standard InChI is InChI=1S/C14H16FN5O3/c1-19-6-7-20(8-11(19)21)14(22)18-13(17)23-12(16)9-2-4-10(15)5-3-9/h2-5,16H,6-8H2,1H3,(H2,17,18,22). The highest BCUT2D eigenvalue weighted by molar-refractivity contribution is 6.02. The second-order valence-corrected chi connectivity index (χ2v) is 4.93. The Morgan fingerprint density at radius 3 is 2.52 bits per heavy atom. The van der Waals surface area contributed by atoms with Gasteiger partial charge in [-0.3, -0.25) is 20.9 Å². The summed E-state index contributed by atoms with van der Waals surface area (Å²) in [5.41, 5.74) is 0.264. The Morgan fingerprint density at radius 1 is 1.26 bits per heavy atom. The fourth-order valence-corrected chi connectivity index (χ4v) is 1.90. The van der Waals surface area contributed by atoms with E-state index in [4.69, 9.17) is 15.6 Å². The molecule has 0 aromatic heterocycles. The first-order valence-corrected chi connectivity index (χ1v) is 6.77. The lowest BCUT2D eigenvalue weighted by Gasteiger charge is -2.31. The summed E-state index contributed by atoms with van der Waals surface area (Å²) in [5, 5.41) is 17.4. The van der Waals surface area contributed by atoms with Crippen LogP contribution in [0.1, 0.15) is 5.56 Å². The van der Waals surface area contributed by atoms with Crippen molar-refractivity contribution in [2.45, 2.75) is 0 Å². The van der Waals surface area contributed by atoms with Crippen molar-refractivity contribution in [3.8, 4) is 0 Å². The van der Waals surface area contributed by atoms with E-state index in [1.54, 1.807) is 7.05 Å². The predicted molar refractivity (Wildman–Crippen MR) is 79.8 cm³/mol. The molecular formula is C14H16FN5O3. The molecule has 1 aliphatic rings. The van der Waals surface area contributed by atoms with Gasteiger partial charge in [-0.25, -0.2) is 9.18 Å². The van der Waals surface area contributed by atoms with Crippen LogP contribution in [0.3, 0.4) is 0 Å². The van der Waals surface area contributed by atoms with Gasteiger partial charge >= 0.3 is 6.03 Å². The summed E-state index contributed by atoms with van der Waals surface area (Å²) in [6.07, 6.45) is 0. The Hall–Kier alpha value is -2.97. The molecule has 2 rings (SSSR count). The van der Waals surface area contributed by atoms with Crippen LogP contribution in [-0.4, -0.2) is 60.3 Å². The molecule has 1 heterocycles. The fourth-order valence-electron chi connectivity index (χ4n) is 1.90. The highest BCUT2D eigenvalue weighted by Gasteiger charge is 2.25. The lowest BCUT2D eigenvalue weighted by Crippen LogP contribution is -2.54. The molecule has 1 aliphatic heterocycles. The lowest BCUT2D eigenvalue weighted by molar-refractivity contribution is -0.133. The predicted octanol–water partition coefficient (Wildman–Crippen LogP) is 0.586. The minimum Gasteiger partial charge on any atom is -0.407 e. The van der Waals surface area contributed by atoms with Gasteiger partial charge in [-0.1, -0.05) is 0 Å². The monoisotopic (exact) mass is 321 g/mol. The zero-order valence-corrected chi connectivity index (χ0v) is 12.4. The van der Waals surface area contributed by atoms with Gasteiger partial charge in [-0.15, -0.1) is 0 Å². The molecule has 1 aromatic carbocycles. The zero-order valence-electron chi connectivity index (χ0n) is 12.4. The van der Waals surface area contributed by atoms with Crippen LogP contribution < -0.4 is 5.32 Å². The van der Waals surface area contributed by atoms with Gasteiger partial charge in [0.25, 0.3) is 6.02 Å². The van der Waals surface area contributed by atoms with Crippen molar-refractivity contribution in [2.75, 3.05) is 26.7 Å². The minimum absolute atomic E-state index is 0.0784. The lowest BCUT2D eigenvalue weighted by atomic mass is 10.2. The molecule has 0 saturated carbocycles. The molecule has 9 heteroatoms. The smallest absolute Gasteiger partial charge is 0.325 e. The van der Waals surface area contributed by atoms with Gasteiger partial charge in [0.15, 0.2) is 0 Å². The number of amides is 3. The normalized spacial score (nSPS) is 14.4. The second kappa shape index (κ2) is 6.86. The number of halogens is 1. The van der Waals surface area contributed by atoms with E-state index in [1.807, 2.05) is 0 Å². The maximum absolute atomic E-state index is 12.8. The Kier molecular flexibility index (Phi) is 4.89. The highest BCUT2D eigenvalue weighted by atomic mass is 19.1. The topological polar surface area (TPSA) is 110 Å². The zero-order chi connectivity index (χ0) is 17.0. The number of nitrogens with one attached hydrogen (secondary N) is 3. The average molecular weight is 321 g/mol. The van der Waals surface area contributed by atoms with Gasteiger partial charge in [0.1, 0.15) is 12.4 Å². The van der Waals surface area contributed by atoms with Gasteiger partial charge in [0.2, 0.25) is 11.8 Å². The van der Waals surface area contributed by atoms with Crippen LogP contribution in [0.15, 0.2) is 24.3 Å². The Balaban J connectivity index is 1.86. The summed E-state index contributed by atoms with van der Waals surface area (Å²) in [6.45, 7) is 0.674. The van der Waals surface area contributed by atoms with E-state index < -0.39 is 23.8 Å². The molecule has 0 bridgehead atoms. The first-order valence-electron chi connectivity index (χ1n) is 6.77. The van der Waals surface area contributed by atoms with Gasteiger partial charge in [-0.05, 0) is 24.3 Å². The summed E-state index contributed by atoms with van der Waals surface area (Å²) in [7, 11) is 1.65. The van der Waals surface area contributed by atoms with Crippen molar-refractivity contribution in [3.63, 3.8) is 0 Å². The second-order valence-electron chi connectivity index (χ2n) is 4.93. The van der Waals surface area contributed by atoms with Crippen molar-refractivity contribution in [1.82, 2.24) is 15.1 Å². The van der Waals surface area contributed by atoms with E-state index in [2.05, 4.69) is 5.32 Å². The average Bonchev–Trinajstić information content (AvgIpc) is 2.50. The number of piperazine rings is 1. The number of likely N-dealkylation sites (N-methyl/N-ethyl adjacent to an activating group) is 1. The van der Waals surface area contributed by atoms with Crippen LogP contribution in [0, 0.1) is 16.6 Å². The van der Waals surface area contributed by atoms with Gasteiger partial charge in [-0.2, -0.15) is 0 Å². The van der Waals surface area contributed by atoms with Crippen molar-refractivity contribution in [2.24, 2.45) is 0 Å². The first kappa shape index (κ1) is 16.4. The third-order valence-electron chi connectivity index (χ3n) is 3.28. The van der Waals surface area contributed by atoms with Crippen molar-refractivity contribution in [3.05, 3.63) is 35.6 Å². The summed E-state index contributed by atoms with van der Waals surface area (Å²) < 4.78 is 17.7.